The van der Waals surface area contributed by atoms with Crippen LogP contribution in [0.15, 0.2) is 40.8 Å². The number of ether oxygens (including phenoxy) is 2. The van der Waals surface area contributed by atoms with Gasteiger partial charge in [0.2, 0.25) is 0 Å². The smallest absolute Gasteiger partial charge is 0.289 e. The Hall–Kier alpha value is -2.43. The molecule has 1 aliphatic heterocycles. The fourth-order valence-corrected chi connectivity index (χ4v) is 3.38. The SMILES string of the molecule is COc1cccc(CC[C@H]2CCCN(C(=O)c3ccc(OC)o3)C2)c1. The van der Waals surface area contributed by atoms with Crippen LogP contribution in [0.1, 0.15) is 35.4 Å². The second-order valence-electron chi connectivity index (χ2n) is 6.47. The van der Waals surface area contributed by atoms with E-state index in [1.54, 1.807) is 19.2 Å². The molecule has 1 saturated heterocycles. The largest absolute Gasteiger partial charge is 0.497 e. The average molecular weight is 343 g/mol. The zero-order valence-corrected chi connectivity index (χ0v) is 14.9. The second-order valence-corrected chi connectivity index (χ2v) is 6.47. The number of hydrogen-bond acceptors (Lipinski definition) is 4. The zero-order chi connectivity index (χ0) is 17.6. The van der Waals surface area contributed by atoms with Crippen molar-refractivity contribution in [2.75, 3.05) is 27.3 Å². The van der Waals surface area contributed by atoms with E-state index in [4.69, 9.17) is 13.9 Å². The lowest BCUT2D eigenvalue weighted by Gasteiger charge is -2.32. The number of carbonyl (C=O) groups is 1. The van der Waals surface area contributed by atoms with Crippen molar-refractivity contribution in [2.45, 2.75) is 25.7 Å². The van der Waals surface area contributed by atoms with E-state index in [-0.39, 0.29) is 5.91 Å². The Bertz CT molecular complexity index is 709. The van der Waals surface area contributed by atoms with Gasteiger partial charge in [0.1, 0.15) is 5.75 Å². The van der Waals surface area contributed by atoms with Gasteiger partial charge in [-0.25, -0.2) is 0 Å². The number of piperidine rings is 1. The first kappa shape index (κ1) is 17.4. The Morgan fingerprint density at radius 1 is 1.24 bits per heavy atom. The molecule has 0 radical (unpaired) electrons. The van der Waals surface area contributed by atoms with Gasteiger partial charge in [0, 0.05) is 19.2 Å². The molecular formula is C20H25NO4. The Morgan fingerprint density at radius 2 is 2.12 bits per heavy atom. The second kappa shape index (κ2) is 8.10. The summed E-state index contributed by atoms with van der Waals surface area (Å²) in [5.74, 6) is 2.08. The summed E-state index contributed by atoms with van der Waals surface area (Å²) in [6.45, 7) is 1.57. The van der Waals surface area contributed by atoms with Crippen LogP contribution >= 0.6 is 0 Å². The first-order valence-electron chi connectivity index (χ1n) is 8.75. The minimum atomic E-state index is -0.0469. The van der Waals surface area contributed by atoms with Crippen LogP contribution in [0.3, 0.4) is 0 Å². The van der Waals surface area contributed by atoms with Gasteiger partial charge >= 0.3 is 0 Å². The van der Waals surface area contributed by atoms with Gasteiger partial charge in [0.15, 0.2) is 5.76 Å². The van der Waals surface area contributed by atoms with Gasteiger partial charge in [-0.1, -0.05) is 12.1 Å². The third-order valence-corrected chi connectivity index (χ3v) is 4.77. The molecule has 0 unspecified atom stereocenters. The molecule has 25 heavy (non-hydrogen) atoms. The van der Waals surface area contributed by atoms with E-state index >= 15 is 0 Å². The van der Waals surface area contributed by atoms with Crippen molar-refractivity contribution in [3.8, 4) is 11.7 Å². The van der Waals surface area contributed by atoms with Gasteiger partial charge in [-0.2, -0.15) is 0 Å². The van der Waals surface area contributed by atoms with Crippen LogP contribution in [0.2, 0.25) is 0 Å². The number of nitrogens with zero attached hydrogens (tertiary/aromatic N) is 1. The molecule has 0 bridgehead atoms. The standard InChI is InChI=1S/C20H25NO4/c1-23-17-7-3-5-15(13-17)8-9-16-6-4-12-21(14-16)20(22)18-10-11-19(24-2)25-18/h3,5,7,10-11,13,16H,4,6,8-9,12,14H2,1-2H3/t16-/m1/s1. The number of rotatable bonds is 6. The summed E-state index contributed by atoms with van der Waals surface area (Å²) in [4.78, 5) is 14.5. The maximum absolute atomic E-state index is 12.6. The molecule has 1 aromatic heterocycles. The number of furan rings is 1. The lowest BCUT2D eigenvalue weighted by atomic mass is 9.91. The first-order chi connectivity index (χ1) is 12.2. The molecule has 0 saturated carbocycles. The van der Waals surface area contributed by atoms with E-state index in [0.717, 1.165) is 44.5 Å². The number of hydrogen-bond donors (Lipinski definition) is 0. The highest BCUT2D eigenvalue weighted by Crippen LogP contribution is 2.25. The molecule has 1 aliphatic rings. The van der Waals surface area contributed by atoms with Crippen LogP contribution < -0.4 is 9.47 Å². The van der Waals surface area contributed by atoms with Crippen LogP contribution in [0.4, 0.5) is 0 Å². The van der Waals surface area contributed by atoms with Gasteiger partial charge in [0.05, 0.1) is 14.2 Å². The van der Waals surface area contributed by atoms with E-state index in [0.29, 0.717) is 17.6 Å². The normalized spacial score (nSPS) is 17.4. The molecule has 2 heterocycles. The molecule has 1 fully saturated rings. The minimum Gasteiger partial charge on any atom is -0.497 e. The predicted molar refractivity (Wildman–Crippen MR) is 95.2 cm³/mol. The highest BCUT2D eigenvalue weighted by molar-refractivity contribution is 5.91. The summed E-state index contributed by atoms with van der Waals surface area (Å²) in [6.07, 6.45) is 4.26. The monoisotopic (exact) mass is 343 g/mol. The number of carbonyl (C=O) groups excluding carboxylic acids is 1. The Kier molecular flexibility index (Phi) is 5.64. The molecule has 1 amide bonds. The molecule has 0 spiro atoms. The lowest BCUT2D eigenvalue weighted by molar-refractivity contribution is 0.0630. The Labute approximate surface area is 148 Å². The molecule has 5 nitrogen and oxygen atoms in total. The summed E-state index contributed by atoms with van der Waals surface area (Å²) in [5, 5.41) is 0. The van der Waals surface area contributed by atoms with Crippen molar-refractivity contribution >= 4 is 5.91 Å². The zero-order valence-electron chi connectivity index (χ0n) is 14.9. The quantitative estimate of drug-likeness (QED) is 0.801. The molecule has 1 aromatic carbocycles. The number of methoxy groups -OCH3 is 2. The summed E-state index contributed by atoms with van der Waals surface area (Å²) >= 11 is 0. The van der Waals surface area contributed by atoms with Crippen LogP contribution in [0, 0.1) is 5.92 Å². The molecule has 0 N–H and O–H groups in total. The van der Waals surface area contributed by atoms with Gasteiger partial charge < -0.3 is 18.8 Å². The summed E-state index contributed by atoms with van der Waals surface area (Å²) in [6, 6.07) is 11.6. The molecule has 5 heteroatoms. The van der Waals surface area contributed by atoms with Crippen molar-refractivity contribution in [1.82, 2.24) is 4.90 Å². The molecule has 1 atom stereocenters. The lowest BCUT2D eigenvalue weighted by Crippen LogP contribution is -2.39. The fraction of sp³-hybridized carbons (Fsp3) is 0.450. The van der Waals surface area contributed by atoms with E-state index in [9.17, 15) is 4.79 Å². The highest BCUT2D eigenvalue weighted by atomic mass is 16.6. The summed E-state index contributed by atoms with van der Waals surface area (Å²) < 4.78 is 15.7. The van der Waals surface area contributed by atoms with E-state index in [2.05, 4.69) is 12.1 Å². The molecule has 2 aromatic rings. The predicted octanol–water partition coefficient (Wildman–Crippen LogP) is 3.78. The number of aryl methyl sites for hydroxylation is 1. The van der Waals surface area contributed by atoms with Gasteiger partial charge in [-0.05, 0) is 55.4 Å². The van der Waals surface area contributed by atoms with E-state index in [1.807, 2.05) is 17.0 Å². The Morgan fingerprint density at radius 3 is 2.88 bits per heavy atom. The van der Waals surface area contributed by atoms with Crippen LogP contribution in [-0.4, -0.2) is 38.1 Å². The van der Waals surface area contributed by atoms with Crippen molar-refractivity contribution in [3.63, 3.8) is 0 Å². The van der Waals surface area contributed by atoms with Crippen LogP contribution in [-0.2, 0) is 6.42 Å². The van der Waals surface area contributed by atoms with Crippen molar-refractivity contribution in [2.24, 2.45) is 5.92 Å². The first-order valence-corrected chi connectivity index (χ1v) is 8.75. The number of benzene rings is 1. The van der Waals surface area contributed by atoms with Crippen molar-refractivity contribution in [1.29, 1.82) is 0 Å². The van der Waals surface area contributed by atoms with E-state index in [1.165, 1.54) is 12.7 Å². The third-order valence-electron chi connectivity index (χ3n) is 4.77. The van der Waals surface area contributed by atoms with Crippen LogP contribution in [0.25, 0.3) is 0 Å². The fourth-order valence-electron chi connectivity index (χ4n) is 3.38. The molecule has 0 aliphatic carbocycles. The van der Waals surface area contributed by atoms with E-state index < -0.39 is 0 Å². The van der Waals surface area contributed by atoms with Crippen molar-refractivity contribution < 1.29 is 18.7 Å². The van der Waals surface area contributed by atoms with Crippen molar-refractivity contribution in [3.05, 3.63) is 47.7 Å². The molecule has 3 rings (SSSR count). The number of amides is 1. The third kappa shape index (κ3) is 4.35. The average Bonchev–Trinajstić information content (AvgIpc) is 3.15. The Balaban J connectivity index is 1.56. The van der Waals surface area contributed by atoms with Gasteiger partial charge in [0.25, 0.3) is 11.9 Å². The minimum absolute atomic E-state index is 0.0469. The molecular weight excluding hydrogens is 318 g/mol. The van der Waals surface area contributed by atoms with Gasteiger partial charge in [-0.3, -0.25) is 4.79 Å². The maximum atomic E-state index is 12.6. The number of likely N-dealkylation sites (tertiary alicyclic amines) is 1. The topological polar surface area (TPSA) is 51.9 Å². The summed E-state index contributed by atoms with van der Waals surface area (Å²) in [7, 11) is 3.22. The summed E-state index contributed by atoms with van der Waals surface area (Å²) in [5.41, 5.74) is 1.28. The maximum Gasteiger partial charge on any atom is 0.289 e. The van der Waals surface area contributed by atoms with Crippen LogP contribution in [0.5, 0.6) is 11.7 Å². The van der Waals surface area contributed by atoms with Gasteiger partial charge in [-0.15, -0.1) is 0 Å². The highest BCUT2D eigenvalue weighted by Gasteiger charge is 2.26. The molecule has 134 valence electrons.